The van der Waals surface area contributed by atoms with E-state index in [1.807, 2.05) is 43.3 Å². The lowest BCUT2D eigenvalue weighted by Crippen LogP contribution is -2.29. The van der Waals surface area contributed by atoms with E-state index in [1.54, 1.807) is 0 Å². The molecule has 160 valence electrons. The van der Waals surface area contributed by atoms with Gasteiger partial charge in [0.05, 0.1) is 5.71 Å². The number of piperidine rings is 1. The number of nitrogens with two attached hydrogens (primary N) is 1. The molecule has 6 N–H and O–H groups in total. The summed E-state index contributed by atoms with van der Waals surface area (Å²) in [5.74, 6) is -0.405. The average Bonchev–Trinajstić information content (AvgIpc) is 3.22. The van der Waals surface area contributed by atoms with Gasteiger partial charge in [-0.1, -0.05) is 6.07 Å². The van der Waals surface area contributed by atoms with Crippen molar-refractivity contribution in [2.45, 2.75) is 26.2 Å². The molecule has 8 nitrogen and oxygen atoms in total. The number of carbonyl (C=O) groups is 1. The van der Waals surface area contributed by atoms with E-state index in [2.05, 4.69) is 37.9 Å². The molecule has 0 spiro atoms. The van der Waals surface area contributed by atoms with E-state index in [4.69, 9.17) is 11.1 Å². The zero-order chi connectivity index (χ0) is 21.8. The Morgan fingerprint density at radius 3 is 2.55 bits per heavy atom. The fraction of sp³-hybridized carbons (Fsp3) is 0.261. The normalized spacial score (nSPS) is 14.5. The van der Waals surface area contributed by atoms with E-state index in [0.717, 1.165) is 35.2 Å². The third-order valence-electron chi connectivity index (χ3n) is 5.47. The highest BCUT2D eigenvalue weighted by atomic mass is 16.1. The van der Waals surface area contributed by atoms with Crippen molar-refractivity contribution in [3.8, 4) is 0 Å². The van der Waals surface area contributed by atoms with Gasteiger partial charge < -0.3 is 20.9 Å². The molecule has 1 saturated heterocycles. The fourth-order valence-corrected chi connectivity index (χ4v) is 3.79. The molecule has 3 aromatic rings. The molecule has 4 rings (SSSR count). The number of amides is 1. The maximum Gasteiger partial charge on any atom is 0.272 e. The summed E-state index contributed by atoms with van der Waals surface area (Å²) in [6, 6.07) is 15.6. The first-order valence-corrected chi connectivity index (χ1v) is 10.4. The summed E-state index contributed by atoms with van der Waals surface area (Å²) < 4.78 is 0. The molecule has 0 unspecified atom stereocenters. The molecule has 1 aliphatic rings. The number of rotatable bonds is 5. The SMILES string of the molecule is C/C(=N/NC(=N)N)c1ccc2[nH]c(C(=O)Nc3ccc(N4CCCCC4)cc3)cc2c1. The van der Waals surface area contributed by atoms with Gasteiger partial charge in [-0.2, -0.15) is 5.10 Å². The molecule has 1 amide bonds. The van der Waals surface area contributed by atoms with Gasteiger partial charge in [-0.05, 0) is 74.2 Å². The number of nitrogens with one attached hydrogen (secondary N) is 4. The minimum Gasteiger partial charge on any atom is -0.372 e. The second kappa shape index (κ2) is 8.91. The van der Waals surface area contributed by atoms with Crippen LogP contribution in [-0.4, -0.2) is 35.7 Å². The summed E-state index contributed by atoms with van der Waals surface area (Å²) >= 11 is 0. The van der Waals surface area contributed by atoms with Gasteiger partial charge in [-0.15, -0.1) is 0 Å². The van der Waals surface area contributed by atoms with Gasteiger partial charge in [0.15, 0.2) is 0 Å². The first kappa shape index (κ1) is 20.5. The van der Waals surface area contributed by atoms with Crippen LogP contribution in [0.4, 0.5) is 11.4 Å². The number of aromatic amines is 1. The van der Waals surface area contributed by atoms with Crippen LogP contribution >= 0.6 is 0 Å². The number of benzene rings is 2. The molecule has 0 aliphatic carbocycles. The molecule has 2 heterocycles. The van der Waals surface area contributed by atoms with Crippen LogP contribution in [0.3, 0.4) is 0 Å². The molecular weight excluding hydrogens is 390 g/mol. The molecule has 2 aromatic carbocycles. The van der Waals surface area contributed by atoms with Crippen LogP contribution in [0.15, 0.2) is 53.6 Å². The minimum absolute atomic E-state index is 0.188. The van der Waals surface area contributed by atoms with Crippen LogP contribution in [0.1, 0.15) is 42.2 Å². The molecule has 0 radical (unpaired) electrons. The lowest BCUT2D eigenvalue weighted by atomic mass is 10.1. The number of nitrogens with zero attached hydrogens (tertiary/aromatic N) is 2. The van der Waals surface area contributed by atoms with Gasteiger partial charge in [0.25, 0.3) is 5.91 Å². The maximum atomic E-state index is 12.7. The quantitative estimate of drug-likeness (QED) is 0.247. The number of carbonyl (C=O) groups excluding carboxylic acids is 1. The van der Waals surface area contributed by atoms with E-state index in [-0.39, 0.29) is 11.9 Å². The Hall–Kier alpha value is -3.81. The fourth-order valence-electron chi connectivity index (χ4n) is 3.79. The smallest absolute Gasteiger partial charge is 0.272 e. The Morgan fingerprint density at radius 2 is 1.84 bits per heavy atom. The molecule has 1 fully saturated rings. The zero-order valence-corrected chi connectivity index (χ0v) is 17.5. The van der Waals surface area contributed by atoms with Gasteiger partial charge >= 0.3 is 0 Å². The van der Waals surface area contributed by atoms with Crippen LogP contribution in [-0.2, 0) is 0 Å². The second-order valence-corrected chi connectivity index (χ2v) is 7.76. The van der Waals surface area contributed by atoms with Crippen LogP contribution in [0.5, 0.6) is 0 Å². The molecule has 0 saturated carbocycles. The number of fused-ring (bicyclic) bond motifs is 1. The third-order valence-corrected chi connectivity index (χ3v) is 5.47. The number of hydrogen-bond acceptors (Lipinski definition) is 4. The van der Waals surface area contributed by atoms with Crippen molar-refractivity contribution in [2.75, 3.05) is 23.3 Å². The Labute approximate surface area is 181 Å². The summed E-state index contributed by atoms with van der Waals surface area (Å²) in [7, 11) is 0. The van der Waals surface area contributed by atoms with Gasteiger partial charge in [-0.3, -0.25) is 10.2 Å². The minimum atomic E-state index is -0.218. The average molecular weight is 418 g/mol. The Balaban J connectivity index is 1.46. The summed E-state index contributed by atoms with van der Waals surface area (Å²) in [5, 5.41) is 15.1. The lowest BCUT2D eigenvalue weighted by molar-refractivity contribution is 0.102. The summed E-state index contributed by atoms with van der Waals surface area (Å²) in [4.78, 5) is 18.3. The molecule has 1 aromatic heterocycles. The van der Waals surface area contributed by atoms with Gasteiger partial charge in [0.1, 0.15) is 5.69 Å². The van der Waals surface area contributed by atoms with Crippen LogP contribution in [0.25, 0.3) is 10.9 Å². The van der Waals surface area contributed by atoms with Crippen molar-refractivity contribution >= 4 is 39.9 Å². The zero-order valence-electron chi connectivity index (χ0n) is 17.5. The molecule has 0 bridgehead atoms. The Morgan fingerprint density at radius 1 is 1.10 bits per heavy atom. The Bertz CT molecular complexity index is 1120. The van der Waals surface area contributed by atoms with E-state index in [9.17, 15) is 4.79 Å². The highest BCUT2D eigenvalue weighted by Crippen LogP contribution is 2.23. The van der Waals surface area contributed by atoms with Crippen molar-refractivity contribution < 1.29 is 4.79 Å². The van der Waals surface area contributed by atoms with Crippen LogP contribution in [0, 0.1) is 5.41 Å². The third kappa shape index (κ3) is 4.85. The van der Waals surface area contributed by atoms with Crippen molar-refractivity contribution in [1.29, 1.82) is 5.41 Å². The topological polar surface area (TPSA) is 122 Å². The number of H-pyrrole nitrogens is 1. The van der Waals surface area contributed by atoms with Crippen molar-refractivity contribution in [1.82, 2.24) is 10.4 Å². The molecule has 0 atom stereocenters. The number of guanidine groups is 1. The molecule has 31 heavy (non-hydrogen) atoms. The largest absolute Gasteiger partial charge is 0.372 e. The number of aromatic nitrogens is 1. The van der Waals surface area contributed by atoms with Crippen LogP contribution < -0.4 is 21.4 Å². The standard InChI is InChI=1S/C23H27N7O/c1-15(28-29-23(24)25)16-5-10-20-17(13-16)14-21(27-20)22(31)26-18-6-8-19(9-7-18)30-11-3-2-4-12-30/h5-10,13-14,27H,2-4,11-12H2,1H3,(H,26,31)(H4,24,25,29)/b28-15-. The molecule has 8 heteroatoms. The highest BCUT2D eigenvalue weighted by molar-refractivity contribution is 6.07. The lowest BCUT2D eigenvalue weighted by Gasteiger charge is -2.28. The first-order valence-electron chi connectivity index (χ1n) is 10.4. The van der Waals surface area contributed by atoms with Crippen LogP contribution in [0.2, 0.25) is 0 Å². The van der Waals surface area contributed by atoms with E-state index in [0.29, 0.717) is 11.4 Å². The molecular formula is C23H27N7O. The Kier molecular flexibility index (Phi) is 5.88. The van der Waals surface area contributed by atoms with E-state index >= 15 is 0 Å². The van der Waals surface area contributed by atoms with Crippen molar-refractivity contribution in [2.24, 2.45) is 10.8 Å². The number of hydrogen-bond donors (Lipinski definition) is 5. The number of anilines is 2. The predicted molar refractivity (Wildman–Crippen MR) is 126 cm³/mol. The maximum absolute atomic E-state index is 12.7. The van der Waals surface area contributed by atoms with Gasteiger partial charge in [0, 0.05) is 35.4 Å². The van der Waals surface area contributed by atoms with Crippen molar-refractivity contribution in [3.63, 3.8) is 0 Å². The molecule has 1 aliphatic heterocycles. The van der Waals surface area contributed by atoms with Crippen molar-refractivity contribution in [3.05, 3.63) is 59.8 Å². The summed E-state index contributed by atoms with van der Waals surface area (Å²) in [5.41, 5.74) is 12.6. The number of hydrazone groups is 1. The van der Waals surface area contributed by atoms with Gasteiger partial charge in [0.2, 0.25) is 5.96 Å². The van der Waals surface area contributed by atoms with Gasteiger partial charge in [-0.25, -0.2) is 5.43 Å². The summed E-state index contributed by atoms with van der Waals surface area (Å²) in [6.07, 6.45) is 3.77. The van der Waals surface area contributed by atoms with E-state index < -0.39 is 0 Å². The predicted octanol–water partition coefficient (Wildman–Crippen LogP) is 3.62. The second-order valence-electron chi connectivity index (χ2n) is 7.76. The first-order chi connectivity index (χ1) is 15.0. The summed E-state index contributed by atoms with van der Waals surface area (Å²) in [6.45, 7) is 4.01. The highest BCUT2D eigenvalue weighted by Gasteiger charge is 2.13. The monoisotopic (exact) mass is 417 g/mol. The van der Waals surface area contributed by atoms with E-state index in [1.165, 1.54) is 24.9 Å².